The van der Waals surface area contributed by atoms with Crippen molar-refractivity contribution in [2.75, 3.05) is 5.32 Å². The first-order valence-corrected chi connectivity index (χ1v) is 13.9. The van der Waals surface area contributed by atoms with Crippen molar-refractivity contribution in [1.82, 2.24) is 33.8 Å². The molecule has 4 heterocycles. The summed E-state index contributed by atoms with van der Waals surface area (Å²) in [6, 6.07) is 20.8. The molecule has 0 spiro atoms. The molecule has 0 bridgehead atoms. The van der Waals surface area contributed by atoms with Crippen LogP contribution in [0.25, 0.3) is 28.0 Å². The van der Waals surface area contributed by atoms with E-state index in [9.17, 15) is 13.2 Å². The maximum atomic E-state index is 13.3. The number of carbonyl (C=O) groups is 1. The van der Waals surface area contributed by atoms with E-state index in [1.54, 1.807) is 65.2 Å². The number of carbonyl (C=O) groups excluding carboxylic acids is 1. The number of aryl methyl sites for hydroxylation is 1. The standard InChI is InChI=1S/C28H24N8O3S/c1-18(19-9-5-3-6-10-19)31-25-21-15-23(27(37)34-40(38,39)20-11-7-4-8-12-20)35(2)26(21)33-28(32-25)36-17-30-22-13-14-29-16-24(22)36/h3-18H,1-2H3,(H,34,37)(H,31,32,33)/t18-/m0/s1. The molecule has 11 nitrogen and oxygen atoms in total. The average molecular weight is 553 g/mol. The van der Waals surface area contributed by atoms with E-state index in [-0.39, 0.29) is 16.6 Å². The van der Waals surface area contributed by atoms with Crippen LogP contribution in [0.15, 0.2) is 96.4 Å². The van der Waals surface area contributed by atoms with Crippen LogP contribution in [0.5, 0.6) is 0 Å². The fourth-order valence-corrected chi connectivity index (χ4v) is 5.48. The second-order valence-electron chi connectivity index (χ2n) is 9.20. The molecular weight excluding hydrogens is 528 g/mol. The van der Waals surface area contributed by atoms with Gasteiger partial charge in [0, 0.05) is 19.3 Å². The Labute approximate surface area is 229 Å². The largest absolute Gasteiger partial charge is 0.363 e. The highest BCUT2D eigenvalue weighted by atomic mass is 32.2. The lowest BCUT2D eigenvalue weighted by molar-refractivity contribution is 0.0974. The Hall–Kier alpha value is -5.10. The summed E-state index contributed by atoms with van der Waals surface area (Å²) in [6.07, 6.45) is 4.94. The van der Waals surface area contributed by atoms with Gasteiger partial charge in [-0.2, -0.15) is 9.97 Å². The number of rotatable bonds is 7. The molecule has 0 radical (unpaired) electrons. The molecule has 6 aromatic rings. The Balaban J connectivity index is 1.47. The molecular formula is C28H24N8O3S. The van der Waals surface area contributed by atoms with Gasteiger partial charge in [0.05, 0.1) is 27.5 Å². The first-order chi connectivity index (χ1) is 19.3. The van der Waals surface area contributed by atoms with E-state index in [1.807, 2.05) is 37.3 Å². The zero-order chi connectivity index (χ0) is 27.9. The van der Waals surface area contributed by atoms with Crippen LogP contribution in [0.1, 0.15) is 29.0 Å². The van der Waals surface area contributed by atoms with Crippen molar-refractivity contribution in [3.8, 4) is 5.95 Å². The van der Waals surface area contributed by atoms with Gasteiger partial charge in [0.2, 0.25) is 5.95 Å². The molecule has 12 heteroatoms. The van der Waals surface area contributed by atoms with Crippen LogP contribution in [0.2, 0.25) is 0 Å². The van der Waals surface area contributed by atoms with Gasteiger partial charge >= 0.3 is 0 Å². The van der Waals surface area contributed by atoms with Gasteiger partial charge < -0.3 is 9.88 Å². The second kappa shape index (κ2) is 9.89. The SMILES string of the molecule is C[C@H](Nc1nc(-n2cnc3ccncc32)nc2c1cc(C(=O)NS(=O)(=O)c1ccccc1)n2C)c1ccccc1. The molecule has 0 aliphatic heterocycles. The van der Waals surface area contributed by atoms with Crippen molar-refractivity contribution in [2.24, 2.45) is 7.05 Å². The van der Waals surface area contributed by atoms with Crippen molar-refractivity contribution in [1.29, 1.82) is 0 Å². The fourth-order valence-electron chi connectivity index (χ4n) is 4.50. The molecule has 0 saturated carbocycles. The van der Waals surface area contributed by atoms with Crippen LogP contribution >= 0.6 is 0 Å². The van der Waals surface area contributed by atoms with Gasteiger partial charge in [-0.3, -0.25) is 14.3 Å². The third-order valence-corrected chi connectivity index (χ3v) is 7.95. The Morgan fingerprint density at radius 3 is 2.45 bits per heavy atom. The maximum absolute atomic E-state index is 13.3. The van der Waals surface area contributed by atoms with Gasteiger partial charge in [-0.1, -0.05) is 48.5 Å². The van der Waals surface area contributed by atoms with E-state index >= 15 is 0 Å². The zero-order valence-corrected chi connectivity index (χ0v) is 22.4. The van der Waals surface area contributed by atoms with E-state index in [0.717, 1.165) is 11.1 Å². The molecule has 0 unspecified atom stereocenters. The van der Waals surface area contributed by atoms with Crippen LogP contribution in [0, 0.1) is 0 Å². The number of aromatic nitrogens is 6. The number of imidazole rings is 1. The first-order valence-electron chi connectivity index (χ1n) is 12.4. The van der Waals surface area contributed by atoms with Crippen molar-refractivity contribution in [3.63, 3.8) is 0 Å². The quantitative estimate of drug-likeness (QED) is 0.303. The monoisotopic (exact) mass is 552 g/mol. The highest BCUT2D eigenvalue weighted by molar-refractivity contribution is 7.90. The lowest BCUT2D eigenvalue weighted by Gasteiger charge is -2.16. The minimum absolute atomic E-state index is 0.0103. The normalized spacial score (nSPS) is 12.4. The summed E-state index contributed by atoms with van der Waals surface area (Å²) in [4.78, 5) is 31.4. The Bertz CT molecular complexity index is 1970. The number of nitrogens with one attached hydrogen (secondary N) is 2. The molecule has 2 aromatic carbocycles. The molecule has 4 aromatic heterocycles. The molecule has 200 valence electrons. The van der Waals surface area contributed by atoms with Gasteiger partial charge in [0.25, 0.3) is 15.9 Å². The van der Waals surface area contributed by atoms with Gasteiger partial charge in [0.15, 0.2) is 0 Å². The molecule has 0 aliphatic rings. The van der Waals surface area contributed by atoms with Crippen LogP contribution in [-0.2, 0) is 17.1 Å². The Morgan fingerprint density at radius 1 is 0.975 bits per heavy atom. The Morgan fingerprint density at radius 2 is 1.70 bits per heavy atom. The van der Waals surface area contributed by atoms with Crippen molar-refractivity contribution in [2.45, 2.75) is 17.9 Å². The third-order valence-electron chi connectivity index (χ3n) is 6.60. The molecule has 0 aliphatic carbocycles. The number of hydrogen-bond donors (Lipinski definition) is 2. The van der Waals surface area contributed by atoms with Crippen LogP contribution < -0.4 is 10.0 Å². The molecule has 40 heavy (non-hydrogen) atoms. The van der Waals surface area contributed by atoms with E-state index < -0.39 is 15.9 Å². The molecule has 0 fully saturated rings. The van der Waals surface area contributed by atoms with Crippen molar-refractivity contribution >= 4 is 43.8 Å². The highest BCUT2D eigenvalue weighted by Gasteiger charge is 2.24. The van der Waals surface area contributed by atoms with E-state index in [1.165, 1.54) is 12.1 Å². The number of anilines is 1. The summed E-state index contributed by atoms with van der Waals surface area (Å²) < 4.78 is 31.1. The van der Waals surface area contributed by atoms with Gasteiger partial charge in [-0.25, -0.2) is 18.1 Å². The topological polar surface area (TPSA) is 137 Å². The molecule has 1 amide bonds. The van der Waals surface area contributed by atoms with Crippen LogP contribution in [0.3, 0.4) is 0 Å². The first kappa shape index (κ1) is 25.2. The summed E-state index contributed by atoms with van der Waals surface area (Å²) in [5.74, 6) is 0.00345. The number of hydrogen-bond acceptors (Lipinski definition) is 8. The molecule has 1 atom stereocenters. The second-order valence-corrected chi connectivity index (χ2v) is 10.9. The number of nitrogens with zero attached hydrogens (tertiary/aromatic N) is 6. The van der Waals surface area contributed by atoms with Gasteiger partial charge in [-0.15, -0.1) is 0 Å². The summed E-state index contributed by atoms with van der Waals surface area (Å²) >= 11 is 0. The van der Waals surface area contributed by atoms with Crippen LogP contribution in [0.4, 0.5) is 5.82 Å². The minimum atomic E-state index is -4.08. The maximum Gasteiger partial charge on any atom is 0.281 e. The average Bonchev–Trinajstić information content (AvgIpc) is 3.55. The number of sulfonamides is 1. The van der Waals surface area contributed by atoms with E-state index in [0.29, 0.717) is 28.3 Å². The predicted molar refractivity (Wildman–Crippen MR) is 151 cm³/mol. The predicted octanol–water partition coefficient (Wildman–Crippen LogP) is 3.99. The van der Waals surface area contributed by atoms with Gasteiger partial charge in [-0.05, 0) is 36.8 Å². The number of pyridine rings is 1. The third kappa shape index (κ3) is 4.54. The van der Waals surface area contributed by atoms with Gasteiger partial charge in [0.1, 0.15) is 23.5 Å². The number of benzene rings is 2. The number of amides is 1. The minimum Gasteiger partial charge on any atom is -0.363 e. The van der Waals surface area contributed by atoms with Crippen molar-refractivity contribution < 1.29 is 13.2 Å². The van der Waals surface area contributed by atoms with E-state index in [2.05, 4.69) is 20.0 Å². The summed E-state index contributed by atoms with van der Waals surface area (Å²) in [6.45, 7) is 2.00. The summed E-state index contributed by atoms with van der Waals surface area (Å²) in [5, 5.41) is 4.00. The van der Waals surface area contributed by atoms with Crippen molar-refractivity contribution in [3.05, 3.63) is 103 Å². The summed E-state index contributed by atoms with van der Waals surface area (Å²) in [7, 11) is -2.42. The highest BCUT2D eigenvalue weighted by Crippen LogP contribution is 2.29. The molecule has 0 saturated heterocycles. The lowest BCUT2D eigenvalue weighted by Crippen LogP contribution is -2.31. The molecule has 6 rings (SSSR count). The zero-order valence-electron chi connectivity index (χ0n) is 21.6. The fraction of sp³-hybridized carbons (Fsp3) is 0.107. The lowest BCUT2D eigenvalue weighted by atomic mass is 10.1. The van der Waals surface area contributed by atoms with E-state index in [4.69, 9.17) is 9.97 Å². The molecule has 2 N–H and O–H groups in total. The summed E-state index contributed by atoms with van der Waals surface area (Å²) in [5.41, 5.74) is 3.01. The number of fused-ring (bicyclic) bond motifs is 2. The van der Waals surface area contributed by atoms with Crippen LogP contribution in [-0.4, -0.2) is 43.4 Å². The Kier molecular flexibility index (Phi) is 6.23. The smallest absolute Gasteiger partial charge is 0.281 e.